The second kappa shape index (κ2) is 5.49. The molecule has 112 valence electrons. The van der Waals surface area contributed by atoms with E-state index in [0.717, 1.165) is 28.4 Å². The molecule has 0 fully saturated rings. The number of aromatic nitrogens is 5. The summed E-state index contributed by atoms with van der Waals surface area (Å²) in [5.74, 6) is 0.538. The van der Waals surface area contributed by atoms with E-state index in [2.05, 4.69) is 25.4 Å². The molecule has 0 amide bonds. The minimum absolute atomic E-state index is 0.538. The van der Waals surface area contributed by atoms with Crippen LogP contribution in [0.15, 0.2) is 60.9 Å². The molecule has 0 bridgehead atoms. The first-order valence-corrected chi connectivity index (χ1v) is 7.26. The van der Waals surface area contributed by atoms with E-state index in [1.165, 1.54) is 0 Å². The molecule has 0 aliphatic heterocycles. The summed E-state index contributed by atoms with van der Waals surface area (Å²) in [6.07, 6.45) is 3.50. The Morgan fingerprint density at radius 1 is 0.957 bits per heavy atom. The molecule has 4 rings (SSSR count). The number of fused-ring (bicyclic) bond motifs is 1. The minimum Gasteiger partial charge on any atom is -0.324 e. The highest BCUT2D eigenvalue weighted by Gasteiger charge is 2.09. The Morgan fingerprint density at radius 2 is 1.83 bits per heavy atom. The Hall–Kier alpha value is -3.28. The van der Waals surface area contributed by atoms with E-state index in [-0.39, 0.29) is 0 Å². The summed E-state index contributed by atoms with van der Waals surface area (Å²) in [6.45, 7) is 1.95. The van der Waals surface area contributed by atoms with Crippen LogP contribution in [0.5, 0.6) is 0 Å². The van der Waals surface area contributed by atoms with E-state index in [0.29, 0.717) is 5.95 Å². The Morgan fingerprint density at radius 3 is 2.70 bits per heavy atom. The number of benzene rings is 1. The molecule has 23 heavy (non-hydrogen) atoms. The highest BCUT2D eigenvalue weighted by Crippen LogP contribution is 2.20. The molecule has 0 atom stereocenters. The Kier molecular flexibility index (Phi) is 3.20. The van der Waals surface area contributed by atoms with Crippen molar-refractivity contribution in [3.63, 3.8) is 0 Å². The number of hydrogen-bond acceptors (Lipinski definition) is 5. The zero-order chi connectivity index (χ0) is 15.6. The van der Waals surface area contributed by atoms with Gasteiger partial charge in [0.2, 0.25) is 5.95 Å². The molecule has 1 aromatic carbocycles. The fourth-order valence-electron chi connectivity index (χ4n) is 2.35. The van der Waals surface area contributed by atoms with Crippen molar-refractivity contribution < 1.29 is 0 Å². The van der Waals surface area contributed by atoms with Crippen LogP contribution in [0.2, 0.25) is 0 Å². The number of aryl methyl sites for hydroxylation is 1. The fraction of sp³-hybridized carbons (Fsp3) is 0.0588. The topological polar surface area (TPSA) is 68.0 Å². The molecule has 4 aromatic rings. The molecule has 0 saturated heterocycles. The van der Waals surface area contributed by atoms with Crippen molar-refractivity contribution in [2.75, 3.05) is 5.32 Å². The zero-order valence-electron chi connectivity index (χ0n) is 12.5. The van der Waals surface area contributed by atoms with Crippen molar-refractivity contribution in [2.45, 2.75) is 6.92 Å². The maximum atomic E-state index is 4.57. The summed E-state index contributed by atoms with van der Waals surface area (Å²) in [5, 5.41) is 7.69. The van der Waals surface area contributed by atoms with Gasteiger partial charge >= 0.3 is 0 Å². The number of para-hydroxylation sites is 1. The summed E-state index contributed by atoms with van der Waals surface area (Å²) in [7, 11) is 0. The van der Waals surface area contributed by atoms with Crippen LogP contribution >= 0.6 is 0 Å². The van der Waals surface area contributed by atoms with E-state index in [9.17, 15) is 0 Å². The van der Waals surface area contributed by atoms with Gasteiger partial charge in [0.15, 0.2) is 5.65 Å². The van der Waals surface area contributed by atoms with Crippen molar-refractivity contribution >= 4 is 17.3 Å². The molecule has 6 heteroatoms. The minimum atomic E-state index is 0.538. The predicted molar refractivity (Wildman–Crippen MR) is 88.5 cm³/mol. The third-order valence-electron chi connectivity index (χ3n) is 3.44. The van der Waals surface area contributed by atoms with Crippen LogP contribution in [0.25, 0.3) is 17.0 Å². The van der Waals surface area contributed by atoms with E-state index < -0.39 is 0 Å². The van der Waals surface area contributed by atoms with Gasteiger partial charge in [-0.3, -0.25) is 0 Å². The van der Waals surface area contributed by atoms with Gasteiger partial charge in [-0.1, -0.05) is 18.2 Å². The van der Waals surface area contributed by atoms with Crippen LogP contribution in [-0.2, 0) is 0 Å². The standard InChI is InChI=1S/C17H14N6/c1-12-7-8-16-19-11-15(23(16)22-12)14-9-10-18-17(21-14)20-13-5-3-2-4-6-13/h2-11H,1H3,(H,18,20,21). The molecule has 0 unspecified atom stereocenters. The summed E-state index contributed by atoms with van der Waals surface area (Å²) in [6, 6.07) is 15.6. The SMILES string of the molecule is Cc1ccc2ncc(-c3ccnc(Nc4ccccc4)n3)n2n1. The van der Waals surface area contributed by atoms with Gasteiger partial charge in [-0.05, 0) is 37.3 Å². The van der Waals surface area contributed by atoms with Crippen molar-refractivity contribution in [2.24, 2.45) is 0 Å². The average molecular weight is 302 g/mol. The first kappa shape index (κ1) is 13.4. The normalized spacial score (nSPS) is 10.8. The largest absolute Gasteiger partial charge is 0.324 e. The van der Waals surface area contributed by atoms with Crippen LogP contribution in [0.3, 0.4) is 0 Å². The maximum Gasteiger partial charge on any atom is 0.227 e. The molecule has 0 radical (unpaired) electrons. The van der Waals surface area contributed by atoms with Gasteiger partial charge in [0.25, 0.3) is 0 Å². The molecule has 3 aromatic heterocycles. The monoisotopic (exact) mass is 302 g/mol. The van der Waals surface area contributed by atoms with Gasteiger partial charge in [-0.25, -0.2) is 19.5 Å². The molecule has 0 spiro atoms. The summed E-state index contributed by atoms with van der Waals surface area (Å²) >= 11 is 0. The molecule has 3 heterocycles. The molecule has 1 N–H and O–H groups in total. The van der Waals surface area contributed by atoms with Crippen LogP contribution < -0.4 is 5.32 Å². The third kappa shape index (κ3) is 2.62. The molecule has 0 aliphatic carbocycles. The van der Waals surface area contributed by atoms with Gasteiger partial charge in [0.1, 0.15) is 5.69 Å². The average Bonchev–Trinajstić information content (AvgIpc) is 2.99. The second-order valence-corrected chi connectivity index (χ2v) is 5.14. The van der Waals surface area contributed by atoms with E-state index in [1.54, 1.807) is 16.9 Å². The smallest absolute Gasteiger partial charge is 0.227 e. The lowest BCUT2D eigenvalue weighted by Crippen LogP contribution is -2.00. The summed E-state index contributed by atoms with van der Waals surface area (Å²) < 4.78 is 1.80. The number of nitrogens with one attached hydrogen (secondary N) is 1. The molecular weight excluding hydrogens is 288 g/mol. The number of hydrogen-bond donors (Lipinski definition) is 1. The van der Waals surface area contributed by atoms with Crippen molar-refractivity contribution in [3.8, 4) is 11.4 Å². The molecular formula is C17H14N6. The van der Waals surface area contributed by atoms with Crippen LogP contribution in [0.4, 0.5) is 11.6 Å². The van der Waals surface area contributed by atoms with Gasteiger partial charge in [-0.15, -0.1) is 0 Å². The molecule has 0 aliphatic rings. The van der Waals surface area contributed by atoms with Crippen molar-refractivity contribution in [1.29, 1.82) is 0 Å². The van der Waals surface area contributed by atoms with E-state index >= 15 is 0 Å². The Labute approximate surface area is 132 Å². The Bertz CT molecular complexity index is 961. The van der Waals surface area contributed by atoms with E-state index in [4.69, 9.17) is 0 Å². The van der Waals surface area contributed by atoms with Crippen LogP contribution in [-0.4, -0.2) is 24.6 Å². The second-order valence-electron chi connectivity index (χ2n) is 5.14. The predicted octanol–water partition coefficient (Wildman–Crippen LogP) is 3.24. The number of imidazole rings is 1. The van der Waals surface area contributed by atoms with Crippen LogP contribution in [0, 0.1) is 6.92 Å². The number of anilines is 2. The Balaban J connectivity index is 1.74. The summed E-state index contributed by atoms with van der Waals surface area (Å²) in [4.78, 5) is 13.2. The highest BCUT2D eigenvalue weighted by atomic mass is 15.3. The van der Waals surface area contributed by atoms with E-state index in [1.807, 2.05) is 55.5 Å². The zero-order valence-corrected chi connectivity index (χ0v) is 12.5. The van der Waals surface area contributed by atoms with Gasteiger partial charge in [0.05, 0.1) is 17.6 Å². The maximum absolute atomic E-state index is 4.57. The van der Waals surface area contributed by atoms with Crippen molar-refractivity contribution in [1.82, 2.24) is 24.6 Å². The number of rotatable bonds is 3. The number of nitrogens with zero attached hydrogens (tertiary/aromatic N) is 5. The lowest BCUT2D eigenvalue weighted by atomic mass is 10.3. The lowest BCUT2D eigenvalue weighted by Gasteiger charge is -2.06. The molecule has 0 saturated carbocycles. The highest BCUT2D eigenvalue weighted by molar-refractivity contribution is 5.61. The van der Waals surface area contributed by atoms with Gasteiger partial charge in [-0.2, -0.15) is 5.10 Å². The van der Waals surface area contributed by atoms with Gasteiger partial charge < -0.3 is 5.32 Å². The molecule has 6 nitrogen and oxygen atoms in total. The summed E-state index contributed by atoms with van der Waals surface area (Å²) in [5.41, 5.74) is 4.26. The quantitative estimate of drug-likeness (QED) is 0.629. The lowest BCUT2D eigenvalue weighted by molar-refractivity contribution is 0.903. The first-order chi connectivity index (χ1) is 11.3. The fourth-order valence-corrected chi connectivity index (χ4v) is 2.35. The van der Waals surface area contributed by atoms with Gasteiger partial charge in [0, 0.05) is 11.9 Å². The van der Waals surface area contributed by atoms with Crippen molar-refractivity contribution in [3.05, 3.63) is 66.6 Å². The first-order valence-electron chi connectivity index (χ1n) is 7.26. The third-order valence-corrected chi connectivity index (χ3v) is 3.44. The van der Waals surface area contributed by atoms with Crippen LogP contribution in [0.1, 0.15) is 5.69 Å².